The molecular weight excluding hydrogens is 408 g/mol. The van der Waals surface area contributed by atoms with Crippen molar-refractivity contribution >= 4 is 22.7 Å². The number of carbonyl (C=O) groups is 1. The summed E-state index contributed by atoms with van der Waals surface area (Å²) < 4.78 is 7.26. The second kappa shape index (κ2) is 9.40. The minimum absolute atomic E-state index is 0.0250. The average molecular weight is 430 g/mol. The van der Waals surface area contributed by atoms with Crippen LogP contribution in [0.5, 0.6) is 0 Å². The van der Waals surface area contributed by atoms with Crippen LogP contribution in [0, 0.1) is 10.1 Å². The monoisotopic (exact) mass is 430 g/mol. The molecule has 8 heteroatoms. The average Bonchev–Trinajstić information content (AvgIpc) is 3.19. The maximum absolute atomic E-state index is 12.3. The molecule has 2 N–H and O–H groups in total. The van der Waals surface area contributed by atoms with E-state index in [1.54, 1.807) is 6.07 Å². The molecule has 32 heavy (non-hydrogen) atoms. The molecule has 0 unspecified atom stereocenters. The van der Waals surface area contributed by atoms with E-state index in [2.05, 4.69) is 4.98 Å². The molecule has 0 amide bonds. The van der Waals surface area contributed by atoms with Gasteiger partial charge in [-0.3, -0.25) is 19.5 Å². The standard InChI is InChI=1S/C24H22N4O4/c25-20(24(29)32-16-17-7-3-1-4-8-17)12-14-23-26-21-15-19(28(30)31)11-13-22(21)27(23)18-9-5-2-6-10-18/h1-11,13,15,20H,12,14,16,25H2/t20-/m0/s1. The smallest absolute Gasteiger partial charge is 0.323 e. The van der Waals surface area contributed by atoms with E-state index in [1.165, 1.54) is 12.1 Å². The Morgan fingerprint density at radius 3 is 2.44 bits per heavy atom. The summed E-state index contributed by atoms with van der Waals surface area (Å²) in [5.41, 5.74) is 9.07. The van der Waals surface area contributed by atoms with Crippen molar-refractivity contribution in [1.82, 2.24) is 9.55 Å². The molecule has 0 radical (unpaired) electrons. The summed E-state index contributed by atoms with van der Waals surface area (Å²) >= 11 is 0. The van der Waals surface area contributed by atoms with Crippen molar-refractivity contribution < 1.29 is 14.5 Å². The lowest BCUT2D eigenvalue weighted by molar-refractivity contribution is -0.384. The quantitative estimate of drug-likeness (QED) is 0.257. The number of fused-ring (bicyclic) bond motifs is 1. The van der Waals surface area contributed by atoms with Gasteiger partial charge in [-0.15, -0.1) is 0 Å². The second-order valence-corrected chi connectivity index (χ2v) is 7.37. The second-order valence-electron chi connectivity index (χ2n) is 7.37. The summed E-state index contributed by atoms with van der Waals surface area (Å²) in [4.78, 5) is 27.7. The van der Waals surface area contributed by atoms with Crippen molar-refractivity contribution in [3.8, 4) is 5.69 Å². The molecule has 1 atom stereocenters. The van der Waals surface area contributed by atoms with Crippen molar-refractivity contribution in [3.63, 3.8) is 0 Å². The van der Waals surface area contributed by atoms with Gasteiger partial charge in [0.25, 0.3) is 5.69 Å². The van der Waals surface area contributed by atoms with Crippen LogP contribution in [0.15, 0.2) is 78.9 Å². The molecule has 162 valence electrons. The number of nitrogens with zero attached hydrogens (tertiary/aromatic N) is 3. The Kier molecular flexibility index (Phi) is 6.23. The highest BCUT2D eigenvalue weighted by atomic mass is 16.6. The number of benzene rings is 3. The summed E-state index contributed by atoms with van der Waals surface area (Å²) in [5, 5.41) is 11.2. The van der Waals surface area contributed by atoms with E-state index >= 15 is 0 Å². The number of carbonyl (C=O) groups excluding carboxylic acids is 1. The third kappa shape index (κ3) is 4.65. The number of nitro benzene ring substituents is 1. The Morgan fingerprint density at radius 2 is 1.75 bits per heavy atom. The first-order valence-corrected chi connectivity index (χ1v) is 10.2. The number of nitrogens with two attached hydrogens (primary N) is 1. The summed E-state index contributed by atoms with van der Waals surface area (Å²) in [6.07, 6.45) is 0.727. The fourth-order valence-corrected chi connectivity index (χ4v) is 3.50. The van der Waals surface area contributed by atoms with Gasteiger partial charge < -0.3 is 10.5 Å². The lowest BCUT2D eigenvalue weighted by Crippen LogP contribution is -2.33. The Balaban J connectivity index is 1.53. The van der Waals surface area contributed by atoms with E-state index in [9.17, 15) is 14.9 Å². The molecule has 0 aliphatic heterocycles. The molecule has 3 aromatic carbocycles. The summed E-state index contributed by atoms with van der Waals surface area (Å²) in [6.45, 7) is 0.166. The number of aromatic nitrogens is 2. The topological polar surface area (TPSA) is 113 Å². The number of imidazole rings is 1. The number of nitro groups is 1. The molecule has 0 fully saturated rings. The van der Waals surface area contributed by atoms with Crippen molar-refractivity contribution in [2.24, 2.45) is 5.73 Å². The number of ether oxygens (including phenoxy) is 1. The van der Waals surface area contributed by atoms with Crippen LogP contribution in [0.3, 0.4) is 0 Å². The van der Waals surface area contributed by atoms with E-state index in [-0.39, 0.29) is 12.3 Å². The Labute approximate surface area is 184 Å². The van der Waals surface area contributed by atoms with E-state index in [1.807, 2.05) is 65.2 Å². The SMILES string of the molecule is N[C@@H](CCc1nc2cc([N+](=O)[O-])ccc2n1-c1ccccc1)C(=O)OCc1ccccc1. The van der Waals surface area contributed by atoms with Gasteiger partial charge in [-0.2, -0.15) is 0 Å². The molecule has 1 heterocycles. The summed E-state index contributed by atoms with van der Waals surface area (Å²) in [7, 11) is 0. The van der Waals surface area contributed by atoms with Gasteiger partial charge in [0.15, 0.2) is 0 Å². The Hall–Kier alpha value is -4.04. The molecular formula is C24H22N4O4. The number of hydrogen-bond acceptors (Lipinski definition) is 6. The van der Waals surface area contributed by atoms with Crippen molar-refractivity contribution in [1.29, 1.82) is 0 Å². The molecule has 0 aliphatic carbocycles. The van der Waals surface area contributed by atoms with E-state index in [0.717, 1.165) is 16.8 Å². The van der Waals surface area contributed by atoms with E-state index in [0.29, 0.717) is 24.2 Å². The third-order valence-corrected chi connectivity index (χ3v) is 5.14. The van der Waals surface area contributed by atoms with Crippen LogP contribution in [0.2, 0.25) is 0 Å². The highest BCUT2D eigenvalue weighted by Crippen LogP contribution is 2.26. The number of hydrogen-bond donors (Lipinski definition) is 1. The van der Waals surface area contributed by atoms with E-state index in [4.69, 9.17) is 10.5 Å². The predicted molar refractivity (Wildman–Crippen MR) is 120 cm³/mol. The zero-order valence-electron chi connectivity index (χ0n) is 17.3. The fraction of sp³-hybridized carbons (Fsp3) is 0.167. The zero-order chi connectivity index (χ0) is 22.5. The van der Waals surface area contributed by atoms with Crippen LogP contribution < -0.4 is 5.73 Å². The highest BCUT2D eigenvalue weighted by Gasteiger charge is 2.20. The number of rotatable bonds is 8. The lowest BCUT2D eigenvalue weighted by Gasteiger charge is -2.13. The number of non-ortho nitro benzene ring substituents is 1. The number of para-hydroxylation sites is 1. The van der Waals surface area contributed by atoms with Gasteiger partial charge >= 0.3 is 5.97 Å². The van der Waals surface area contributed by atoms with Gasteiger partial charge in [0.1, 0.15) is 18.5 Å². The minimum atomic E-state index is -0.808. The first-order valence-electron chi connectivity index (χ1n) is 10.2. The molecule has 0 bridgehead atoms. The van der Waals surface area contributed by atoms with Gasteiger partial charge in [0, 0.05) is 24.2 Å². The molecule has 4 aromatic rings. The first kappa shape index (κ1) is 21.2. The summed E-state index contributed by atoms with van der Waals surface area (Å²) in [6, 6.07) is 22.8. The molecule has 0 spiro atoms. The van der Waals surface area contributed by atoms with Crippen molar-refractivity contribution in [2.45, 2.75) is 25.5 Å². The molecule has 0 saturated heterocycles. The lowest BCUT2D eigenvalue weighted by atomic mass is 10.1. The normalized spacial score (nSPS) is 11.9. The predicted octanol–water partition coefficient (Wildman–Crippen LogP) is 3.94. The van der Waals surface area contributed by atoms with Crippen LogP contribution in [0.1, 0.15) is 17.8 Å². The molecule has 0 saturated carbocycles. The van der Waals surface area contributed by atoms with Crippen LogP contribution in [-0.4, -0.2) is 26.5 Å². The molecule has 1 aromatic heterocycles. The fourth-order valence-electron chi connectivity index (χ4n) is 3.50. The van der Waals surface area contributed by atoms with Crippen LogP contribution in [0.25, 0.3) is 16.7 Å². The maximum atomic E-state index is 12.3. The number of esters is 1. The summed E-state index contributed by atoms with van der Waals surface area (Å²) in [5.74, 6) is 0.185. The maximum Gasteiger partial charge on any atom is 0.323 e. The van der Waals surface area contributed by atoms with Gasteiger partial charge in [-0.05, 0) is 30.2 Å². The van der Waals surface area contributed by atoms with Crippen molar-refractivity contribution in [3.05, 3.63) is 100 Å². The molecule has 0 aliphatic rings. The highest BCUT2D eigenvalue weighted by molar-refractivity contribution is 5.81. The van der Waals surface area contributed by atoms with Crippen LogP contribution in [-0.2, 0) is 22.6 Å². The Bertz CT molecular complexity index is 1240. The van der Waals surface area contributed by atoms with E-state index < -0.39 is 16.9 Å². The molecule has 8 nitrogen and oxygen atoms in total. The van der Waals surface area contributed by atoms with Crippen LogP contribution in [0.4, 0.5) is 5.69 Å². The van der Waals surface area contributed by atoms with Gasteiger partial charge in [0.05, 0.1) is 16.0 Å². The minimum Gasteiger partial charge on any atom is -0.460 e. The first-order chi connectivity index (χ1) is 15.5. The zero-order valence-corrected chi connectivity index (χ0v) is 17.3. The third-order valence-electron chi connectivity index (χ3n) is 5.14. The molecule has 4 rings (SSSR count). The number of aryl methyl sites for hydroxylation is 1. The van der Waals surface area contributed by atoms with Gasteiger partial charge in [-0.25, -0.2) is 4.98 Å². The Morgan fingerprint density at radius 1 is 1.06 bits per heavy atom. The van der Waals surface area contributed by atoms with Crippen molar-refractivity contribution in [2.75, 3.05) is 0 Å². The van der Waals surface area contributed by atoms with Gasteiger partial charge in [-0.1, -0.05) is 48.5 Å². The van der Waals surface area contributed by atoms with Gasteiger partial charge in [0.2, 0.25) is 0 Å². The largest absolute Gasteiger partial charge is 0.460 e. The van der Waals surface area contributed by atoms with Crippen LogP contribution >= 0.6 is 0 Å².